The molecule has 0 aromatic heterocycles. The summed E-state index contributed by atoms with van der Waals surface area (Å²) >= 11 is 0. The van der Waals surface area contributed by atoms with Gasteiger partial charge in [0.15, 0.2) is 0 Å². The number of hydrogen-bond donors (Lipinski definition) is 2. The van der Waals surface area contributed by atoms with Crippen LogP contribution in [0.25, 0.3) is 0 Å². The maximum atomic E-state index is 10.6. The summed E-state index contributed by atoms with van der Waals surface area (Å²) in [4.78, 5) is 20.9. The fourth-order valence-corrected chi connectivity index (χ4v) is 1.20. The zero-order valence-corrected chi connectivity index (χ0v) is 8.11. The molecule has 14 heavy (non-hydrogen) atoms. The lowest BCUT2D eigenvalue weighted by molar-refractivity contribution is -0.148. The van der Waals surface area contributed by atoms with Gasteiger partial charge in [-0.2, -0.15) is 0 Å². The molecule has 0 aliphatic rings. The summed E-state index contributed by atoms with van der Waals surface area (Å²) in [5, 5.41) is 17.2. The quantitative estimate of drug-likeness (QED) is 0.463. The number of hydrogen-bond acceptors (Lipinski definition) is 2. The summed E-state index contributed by atoms with van der Waals surface area (Å²) in [7, 11) is 0. The van der Waals surface area contributed by atoms with Crippen LogP contribution in [0.1, 0.15) is 32.1 Å². The van der Waals surface area contributed by atoms with Crippen LogP contribution in [0, 0.1) is 5.92 Å². The SMILES string of the molecule is C=CCCCCC(CC(=O)O)C(=O)O. The Balaban J connectivity index is 3.79. The van der Waals surface area contributed by atoms with Crippen molar-refractivity contribution in [3.63, 3.8) is 0 Å². The first kappa shape index (κ1) is 12.7. The van der Waals surface area contributed by atoms with Crippen molar-refractivity contribution in [2.45, 2.75) is 32.1 Å². The fraction of sp³-hybridized carbons (Fsp3) is 0.600. The van der Waals surface area contributed by atoms with Gasteiger partial charge in [0.25, 0.3) is 0 Å². The lowest BCUT2D eigenvalue weighted by atomic mass is 9.98. The molecule has 0 saturated heterocycles. The molecule has 2 N–H and O–H groups in total. The van der Waals surface area contributed by atoms with Crippen LogP contribution in [-0.4, -0.2) is 22.2 Å². The molecule has 80 valence electrons. The first-order valence-electron chi connectivity index (χ1n) is 4.63. The molecule has 0 rings (SSSR count). The average molecular weight is 200 g/mol. The normalized spacial score (nSPS) is 12.0. The second-order valence-electron chi connectivity index (χ2n) is 3.21. The molecule has 4 heteroatoms. The van der Waals surface area contributed by atoms with Crippen molar-refractivity contribution in [2.75, 3.05) is 0 Å². The van der Waals surface area contributed by atoms with Crippen LogP contribution in [-0.2, 0) is 9.59 Å². The predicted molar refractivity (Wildman–Crippen MR) is 52.0 cm³/mol. The van der Waals surface area contributed by atoms with Gasteiger partial charge in [0.1, 0.15) is 0 Å². The third kappa shape index (κ3) is 6.22. The van der Waals surface area contributed by atoms with E-state index in [-0.39, 0.29) is 6.42 Å². The summed E-state index contributed by atoms with van der Waals surface area (Å²) in [6.45, 7) is 3.55. The Hall–Kier alpha value is -1.32. The van der Waals surface area contributed by atoms with Crippen LogP contribution >= 0.6 is 0 Å². The number of allylic oxidation sites excluding steroid dienone is 1. The van der Waals surface area contributed by atoms with Crippen LogP contribution in [0.3, 0.4) is 0 Å². The largest absolute Gasteiger partial charge is 0.481 e. The molecule has 0 aromatic carbocycles. The van der Waals surface area contributed by atoms with Gasteiger partial charge in [0, 0.05) is 0 Å². The van der Waals surface area contributed by atoms with Gasteiger partial charge >= 0.3 is 11.9 Å². The molecule has 0 radical (unpaired) electrons. The Morgan fingerprint density at radius 3 is 2.36 bits per heavy atom. The number of carboxylic acid groups (broad SMARTS) is 2. The van der Waals surface area contributed by atoms with Gasteiger partial charge in [-0.15, -0.1) is 6.58 Å². The van der Waals surface area contributed by atoms with Crippen LogP contribution in [0.2, 0.25) is 0 Å². The maximum absolute atomic E-state index is 10.6. The highest BCUT2D eigenvalue weighted by Gasteiger charge is 2.19. The van der Waals surface area contributed by atoms with Crippen molar-refractivity contribution in [1.29, 1.82) is 0 Å². The predicted octanol–water partition coefficient (Wildman–Crippen LogP) is 1.91. The highest BCUT2D eigenvalue weighted by Crippen LogP contribution is 2.14. The summed E-state index contributed by atoms with van der Waals surface area (Å²) in [6.07, 6.45) is 4.36. The number of unbranched alkanes of at least 4 members (excludes halogenated alkanes) is 2. The number of rotatable bonds is 8. The van der Waals surface area contributed by atoms with E-state index >= 15 is 0 Å². The van der Waals surface area contributed by atoms with E-state index in [0.29, 0.717) is 6.42 Å². The van der Waals surface area contributed by atoms with Gasteiger partial charge in [0.2, 0.25) is 0 Å². The first-order valence-corrected chi connectivity index (χ1v) is 4.63. The van der Waals surface area contributed by atoms with E-state index in [4.69, 9.17) is 10.2 Å². The van der Waals surface area contributed by atoms with Crippen LogP contribution in [0.5, 0.6) is 0 Å². The maximum Gasteiger partial charge on any atom is 0.307 e. The van der Waals surface area contributed by atoms with E-state index in [2.05, 4.69) is 6.58 Å². The Morgan fingerprint density at radius 1 is 1.29 bits per heavy atom. The smallest absolute Gasteiger partial charge is 0.307 e. The van der Waals surface area contributed by atoms with E-state index in [1.807, 2.05) is 0 Å². The van der Waals surface area contributed by atoms with Crippen LogP contribution < -0.4 is 0 Å². The van der Waals surface area contributed by atoms with Crippen molar-refractivity contribution in [3.05, 3.63) is 12.7 Å². The average Bonchev–Trinajstić information content (AvgIpc) is 2.09. The van der Waals surface area contributed by atoms with Crippen molar-refractivity contribution in [3.8, 4) is 0 Å². The molecule has 0 bridgehead atoms. The standard InChI is InChI=1S/C10H16O4/c1-2-3-4-5-6-8(10(13)14)7-9(11)12/h2,8H,1,3-7H2,(H,11,12)(H,13,14). The van der Waals surface area contributed by atoms with Crippen molar-refractivity contribution in [2.24, 2.45) is 5.92 Å². The van der Waals surface area contributed by atoms with Gasteiger partial charge in [-0.1, -0.05) is 12.5 Å². The van der Waals surface area contributed by atoms with Crippen LogP contribution in [0.4, 0.5) is 0 Å². The highest BCUT2D eigenvalue weighted by molar-refractivity contribution is 5.77. The summed E-state index contributed by atoms with van der Waals surface area (Å²) in [6, 6.07) is 0. The lowest BCUT2D eigenvalue weighted by Crippen LogP contribution is -2.17. The van der Waals surface area contributed by atoms with Crippen molar-refractivity contribution in [1.82, 2.24) is 0 Å². The molecule has 0 amide bonds. The molecular formula is C10H16O4. The molecule has 1 unspecified atom stereocenters. The molecule has 0 aliphatic carbocycles. The van der Waals surface area contributed by atoms with Gasteiger partial charge in [-0.3, -0.25) is 9.59 Å². The van der Waals surface area contributed by atoms with Gasteiger partial charge in [-0.25, -0.2) is 0 Å². The molecule has 0 aromatic rings. The number of carboxylic acids is 2. The molecular weight excluding hydrogens is 184 g/mol. The van der Waals surface area contributed by atoms with Crippen molar-refractivity contribution >= 4 is 11.9 Å². The molecule has 0 spiro atoms. The molecule has 0 fully saturated rings. The summed E-state index contributed by atoms with van der Waals surface area (Å²) < 4.78 is 0. The molecule has 0 saturated carbocycles. The molecule has 0 aliphatic heterocycles. The monoisotopic (exact) mass is 200 g/mol. The topological polar surface area (TPSA) is 74.6 Å². The third-order valence-electron chi connectivity index (χ3n) is 1.98. The van der Waals surface area contributed by atoms with Crippen LogP contribution in [0.15, 0.2) is 12.7 Å². The number of aliphatic carboxylic acids is 2. The molecule has 1 atom stereocenters. The zero-order chi connectivity index (χ0) is 11.0. The lowest BCUT2D eigenvalue weighted by Gasteiger charge is -2.08. The Morgan fingerprint density at radius 2 is 1.93 bits per heavy atom. The second kappa shape index (κ2) is 7.12. The Labute approximate surface area is 83.2 Å². The van der Waals surface area contributed by atoms with Gasteiger partial charge in [-0.05, 0) is 19.3 Å². The minimum atomic E-state index is -1.05. The highest BCUT2D eigenvalue weighted by atomic mass is 16.4. The minimum absolute atomic E-state index is 0.288. The molecule has 4 nitrogen and oxygen atoms in total. The summed E-state index contributed by atoms with van der Waals surface area (Å²) in [5.74, 6) is -2.83. The van der Waals surface area contributed by atoms with Gasteiger partial charge < -0.3 is 10.2 Å². The van der Waals surface area contributed by atoms with E-state index in [0.717, 1.165) is 19.3 Å². The van der Waals surface area contributed by atoms with E-state index in [1.54, 1.807) is 6.08 Å². The van der Waals surface area contributed by atoms with Gasteiger partial charge in [0.05, 0.1) is 12.3 Å². The zero-order valence-electron chi connectivity index (χ0n) is 8.11. The second-order valence-corrected chi connectivity index (χ2v) is 3.21. The first-order chi connectivity index (χ1) is 6.57. The fourth-order valence-electron chi connectivity index (χ4n) is 1.20. The van der Waals surface area contributed by atoms with E-state index in [9.17, 15) is 9.59 Å². The van der Waals surface area contributed by atoms with E-state index in [1.165, 1.54) is 0 Å². The summed E-state index contributed by atoms with van der Waals surface area (Å²) in [5.41, 5.74) is 0. The van der Waals surface area contributed by atoms with Crippen molar-refractivity contribution < 1.29 is 19.8 Å². The Bertz CT molecular complexity index is 210. The molecule has 0 heterocycles. The minimum Gasteiger partial charge on any atom is -0.481 e. The third-order valence-corrected chi connectivity index (χ3v) is 1.98. The number of carbonyl (C=O) groups is 2. The Kier molecular flexibility index (Phi) is 6.45. The van der Waals surface area contributed by atoms with E-state index < -0.39 is 17.9 Å².